The average Bonchev–Trinajstić information content (AvgIpc) is 2.76. The number of rotatable bonds is 5. The molecule has 0 aliphatic heterocycles. The Morgan fingerprint density at radius 2 is 2.12 bits per heavy atom. The molecule has 0 saturated heterocycles. The Labute approximate surface area is 107 Å². The van der Waals surface area contributed by atoms with Gasteiger partial charge >= 0.3 is 0 Å². The van der Waals surface area contributed by atoms with Crippen LogP contribution in [0.2, 0.25) is 0 Å². The lowest BCUT2D eigenvalue weighted by molar-refractivity contribution is 0.0811. The molecule has 0 radical (unpaired) electrons. The summed E-state index contributed by atoms with van der Waals surface area (Å²) in [7, 11) is 0. The van der Waals surface area contributed by atoms with E-state index in [4.69, 9.17) is 5.73 Å². The van der Waals surface area contributed by atoms with Crippen molar-refractivity contribution in [2.24, 2.45) is 5.41 Å². The monoisotopic (exact) mass is 254 g/mol. The first kappa shape index (κ1) is 12.9. The largest absolute Gasteiger partial charge is 0.398 e. The molecule has 1 aliphatic rings. The Morgan fingerprint density at radius 3 is 2.71 bits per heavy atom. The lowest BCUT2D eigenvalue weighted by Crippen LogP contribution is -2.38. The molecule has 0 bridgehead atoms. The van der Waals surface area contributed by atoms with Gasteiger partial charge in [0.1, 0.15) is 0 Å². The third-order valence-electron chi connectivity index (χ3n) is 3.82. The Kier molecular flexibility index (Phi) is 4.42. The average molecular weight is 254 g/mol. The number of thiophene rings is 1. The van der Waals surface area contributed by atoms with Crippen LogP contribution in [0.4, 0.5) is 5.69 Å². The van der Waals surface area contributed by atoms with Crippen LogP contribution in [-0.2, 0) is 6.54 Å². The second-order valence-electron chi connectivity index (χ2n) is 5.12. The molecule has 4 heteroatoms. The van der Waals surface area contributed by atoms with Gasteiger partial charge in [0.2, 0.25) is 0 Å². The van der Waals surface area contributed by atoms with Gasteiger partial charge in [0.15, 0.2) is 0 Å². The molecule has 1 heterocycles. The molecule has 4 N–H and O–H groups in total. The first-order valence-corrected chi connectivity index (χ1v) is 7.27. The number of aliphatic hydroxyl groups is 1. The first-order chi connectivity index (χ1) is 8.26. The van der Waals surface area contributed by atoms with Crippen molar-refractivity contribution < 1.29 is 5.11 Å². The molecule has 1 aromatic rings. The number of hydrogen-bond donors (Lipinski definition) is 3. The summed E-state index contributed by atoms with van der Waals surface area (Å²) in [4.78, 5) is 1.20. The van der Waals surface area contributed by atoms with Gasteiger partial charge in [-0.2, -0.15) is 0 Å². The molecule has 0 spiro atoms. The molecule has 3 nitrogen and oxygen atoms in total. The minimum absolute atomic E-state index is 0.115. The number of nitrogen functional groups attached to an aromatic ring is 1. The number of nitrogens with two attached hydrogens (primary N) is 1. The van der Waals surface area contributed by atoms with E-state index in [1.54, 1.807) is 11.3 Å². The molecule has 1 saturated carbocycles. The number of aliphatic hydroxyl groups excluding tert-OH is 1. The van der Waals surface area contributed by atoms with Crippen LogP contribution in [-0.4, -0.2) is 18.3 Å². The predicted molar refractivity (Wildman–Crippen MR) is 73.0 cm³/mol. The van der Waals surface area contributed by atoms with Gasteiger partial charge in [-0.3, -0.25) is 0 Å². The van der Waals surface area contributed by atoms with Gasteiger partial charge in [0.05, 0.1) is 0 Å². The fourth-order valence-electron chi connectivity index (χ4n) is 2.63. The molecular formula is C13H22N2OS. The van der Waals surface area contributed by atoms with Crippen LogP contribution in [0, 0.1) is 5.41 Å². The number of hydrogen-bond acceptors (Lipinski definition) is 4. The zero-order chi connectivity index (χ0) is 12.1. The second kappa shape index (κ2) is 5.85. The Balaban J connectivity index is 1.82. The summed E-state index contributed by atoms with van der Waals surface area (Å²) in [6.07, 6.45) is 6.12. The fraction of sp³-hybridized carbons (Fsp3) is 0.692. The van der Waals surface area contributed by atoms with Crippen LogP contribution >= 0.6 is 11.3 Å². The minimum Gasteiger partial charge on any atom is -0.398 e. The topological polar surface area (TPSA) is 58.3 Å². The third-order valence-corrected chi connectivity index (χ3v) is 4.75. The zero-order valence-electron chi connectivity index (χ0n) is 10.2. The summed E-state index contributed by atoms with van der Waals surface area (Å²) in [5.74, 6) is 0. The van der Waals surface area contributed by atoms with Gasteiger partial charge in [-0.05, 0) is 24.3 Å². The highest BCUT2D eigenvalue weighted by atomic mass is 32.1. The molecule has 1 fully saturated rings. The van der Waals surface area contributed by atoms with Gasteiger partial charge in [-0.1, -0.05) is 19.3 Å². The Morgan fingerprint density at radius 1 is 1.35 bits per heavy atom. The van der Waals surface area contributed by atoms with E-state index in [1.807, 2.05) is 11.4 Å². The minimum atomic E-state index is 0.115. The molecule has 0 amide bonds. The number of nitrogens with one attached hydrogen (secondary N) is 1. The van der Waals surface area contributed by atoms with Crippen LogP contribution in [0.15, 0.2) is 11.4 Å². The standard InChI is InChI=1S/C13H22N2OS/c14-11-4-7-17-12(11)8-15-9-13(10-16)5-2-1-3-6-13/h4,7,15-16H,1-3,5-6,8-10,14H2. The van der Waals surface area contributed by atoms with Crippen LogP contribution in [0.1, 0.15) is 37.0 Å². The Hall–Kier alpha value is -0.580. The quantitative estimate of drug-likeness (QED) is 0.756. The second-order valence-corrected chi connectivity index (χ2v) is 6.12. The maximum absolute atomic E-state index is 9.59. The highest BCUT2D eigenvalue weighted by Gasteiger charge is 2.30. The van der Waals surface area contributed by atoms with Crippen LogP contribution in [0.5, 0.6) is 0 Å². The molecule has 0 unspecified atom stereocenters. The fourth-order valence-corrected chi connectivity index (χ4v) is 3.40. The van der Waals surface area contributed by atoms with E-state index in [0.717, 1.165) is 31.6 Å². The molecule has 0 aromatic carbocycles. The molecule has 17 heavy (non-hydrogen) atoms. The van der Waals surface area contributed by atoms with Gasteiger partial charge in [0.25, 0.3) is 0 Å². The molecular weight excluding hydrogens is 232 g/mol. The summed E-state index contributed by atoms with van der Waals surface area (Å²) in [5.41, 5.74) is 6.84. The van der Waals surface area contributed by atoms with E-state index >= 15 is 0 Å². The molecule has 1 aliphatic carbocycles. The van der Waals surface area contributed by atoms with Crippen molar-refractivity contribution in [2.45, 2.75) is 38.6 Å². The van der Waals surface area contributed by atoms with Gasteiger partial charge in [-0.15, -0.1) is 11.3 Å². The SMILES string of the molecule is Nc1ccsc1CNCC1(CO)CCCCC1. The van der Waals surface area contributed by atoms with Crippen molar-refractivity contribution in [1.29, 1.82) is 0 Å². The van der Waals surface area contributed by atoms with Gasteiger partial charge < -0.3 is 16.2 Å². The van der Waals surface area contributed by atoms with E-state index in [0.29, 0.717) is 6.61 Å². The maximum atomic E-state index is 9.59. The van der Waals surface area contributed by atoms with Gasteiger partial charge in [-0.25, -0.2) is 0 Å². The normalized spacial score (nSPS) is 19.4. The van der Waals surface area contributed by atoms with Crippen molar-refractivity contribution in [2.75, 3.05) is 18.9 Å². The van der Waals surface area contributed by atoms with Crippen molar-refractivity contribution in [3.05, 3.63) is 16.3 Å². The predicted octanol–water partition coefficient (Wildman–Crippen LogP) is 2.36. The number of anilines is 1. The maximum Gasteiger partial charge on any atom is 0.0499 e. The zero-order valence-corrected chi connectivity index (χ0v) is 11.1. The van der Waals surface area contributed by atoms with Crippen molar-refractivity contribution >= 4 is 17.0 Å². The molecule has 96 valence electrons. The molecule has 2 rings (SSSR count). The van der Waals surface area contributed by atoms with E-state index < -0.39 is 0 Å². The first-order valence-electron chi connectivity index (χ1n) is 6.39. The summed E-state index contributed by atoms with van der Waals surface area (Å²) < 4.78 is 0. The summed E-state index contributed by atoms with van der Waals surface area (Å²) in [5, 5.41) is 15.1. The summed E-state index contributed by atoms with van der Waals surface area (Å²) >= 11 is 1.69. The lowest BCUT2D eigenvalue weighted by atomic mass is 9.74. The third kappa shape index (κ3) is 3.21. The van der Waals surface area contributed by atoms with Crippen molar-refractivity contribution in [3.63, 3.8) is 0 Å². The molecule has 0 atom stereocenters. The van der Waals surface area contributed by atoms with E-state index in [2.05, 4.69) is 5.32 Å². The molecule has 1 aromatic heterocycles. The van der Waals surface area contributed by atoms with Crippen LogP contribution in [0.3, 0.4) is 0 Å². The van der Waals surface area contributed by atoms with Crippen LogP contribution in [0.25, 0.3) is 0 Å². The van der Waals surface area contributed by atoms with E-state index in [9.17, 15) is 5.11 Å². The summed E-state index contributed by atoms with van der Waals surface area (Å²) in [6, 6.07) is 1.95. The van der Waals surface area contributed by atoms with Crippen molar-refractivity contribution in [3.8, 4) is 0 Å². The lowest BCUT2D eigenvalue weighted by Gasteiger charge is -2.35. The Bertz CT molecular complexity index is 345. The highest BCUT2D eigenvalue weighted by molar-refractivity contribution is 7.10. The summed E-state index contributed by atoms with van der Waals surface area (Å²) in [6.45, 7) is 2.03. The van der Waals surface area contributed by atoms with E-state index in [1.165, 1.54) is 24.1 Å². The van der Waals surface area contributed by atoms with Crippen LogP contribution < -0.4 is 11.1 Å². The smallest absolute Gasteiger partial charge is 0.0499 e. The van der Waals surface area contributed by atoms with Crippen molar-refractivity contribution in [1.82, 2.24) is 5.32 Å². The van der Waals surface area contributed by atoms with Gasteiger partial charge in [0, 0.05) is 35.7 Å². The van der Waals surface area contributed by atoms with E-state index in [-0.39, 0.29) is 5.41 Å². The highest BCUT2D eigenvalue weighted by Crippen LogP contribution is 2.35.